The molecule has 6 heteroatoms. The van der Waals surface area contributed by atoms with E-state index in [4.69, 9.17) is 21.4 Å². The topological polar surface area (TPSA) is 75.6 Å². The van der Waals surface area contributed by atoms with Gasteiger partial charge in [-0.3, -0.25) is 9.59 Å². The van der Waals surface area contributed by atoms with Crippen molar-refractivity contribution < 1.29 is 19.4 Å². The van der Waals surface area contributed by atoms with Gasteiger partial charge in [0.25, 0.3) is 5.91 Å². The van der Waals surface area contributed by atoms with Crippen molar-refractivity contribution in [2.24, 2.45) is 0 Å². The number of aliphatic carboxylic acids is 1. The molecule has 0 bridgehead atoms. The van der Waals surface area contributed by atoms with Crippen molar-refractivity contribution in [3.05, 3.63) is 29.3 Å². The van der Waals surface area contributed by atoms with E-state index in [0.29, 0.717) is 17.2 Å². The minimum absolute atomic E-state index is 0.0244. The summed E-state index contributed by atoms with van der Waals surface area (Å²) < 4.78 is 5.26. The van der Waals surface area contributed by atoms with Crippen molar-refractivity contribution in [2.75, 3.05) is 6.61 Å². The second kappa shape index (κ2) is 7.63. The fourth-order valence-electron chi connectivity index (χ4n) is 1.43. The number of carboxylic acids is 1. The van der Waals surface area contributed by atoms with E-state index in [1.807, 2.05) is 0 Å². The molecular formula is C13H16ClNO4. The summed E-state index contributed by atoms with van der Waals surface area (Å²) in [6.07, 6.45) is 0.412. The van der Waals surface area contributed by atoms with Crippen LogP contribution in [-0.4, -0.2) is 29.6 Å². The molecular weight excluding hydrogens is 270 g/mol. The summed E-state index contributed by atoms with van der Waals surface area (Å²) in [5.41, 5.74) is 0. The van der Waals surface area contributed by atoms with E-state index in [0.717, 1.165) is 0 Å². The highest BCUT2D eigenvalue weighted by atomic mass is 35.5. The van der Waals surface area contributed by atoms with Gasteiger partial charge in [-0.25, -0.2) is 0 Å². The van der Waals surface area contributed by atoms with Crippen LogP contribution in [-0.2, 0) is 9.59 Å². The Morgan fingerprint density at radius 2 is 2.21 bits per heavy atom. The molecule has 1 aromatic rings. The average molecular weight is 286 g/mol. The van der Waals surface area contributed by atoms with E-state index in [9.17, 15) is 9.59 Å². The molecule has 104 valence electrons. The molecule has 2 N–H and O–H groups in total. The van der Waals surface area contributed by atoms with Crippen molar-refractivity contribution in [3.63, 3.8) is 0 Å². The Balaban J connectivity index is 2.29. The van der Waals surface area contributed by atoms with Crippen LogP contribution in [0.4, 0.5) is 0 Å². The first-order valence-electron chi connectivity index (χ1n) is 5.87. The van der Waals surface area contributed by atoms with E-state index >= 15 is 0 Å². The van der Waals surface area contributed by atoms with Gasteiger partial charge in [0.15, 0.2) is 6.61 Å². The molecule has 0 saturated carbocycles. The van der Waals surface area contributed by atoms with Gasteiger partial charge in [-0.1, -0.05) is 17.7 Å². The molecule has 0 radical (unpaired) electrons. The van der Waals surface area contributed by atoms with Gasteiger partial charge < -0.3 is 15.2 Å². The monoisotopic (exact) mass is 285 g/mol. The largest absolute Gasteiger partial charge is 0.484 e. The molecule has 0 aliphatic carbocycles. The van der Waals surface area contributed by atoms with Gasteiger partial charge in [0.05, 0.1) is 0 Å². The Morgan fingerprint density at radius 3 is 2.84 bits per heavy atom. The molecule has 0 fully saturated rings. The van der Waals surface area contributed by atoms with Gasteiger partial charge in [0, 0.05) is 17.5 Å². The zero-order chi connectivity index (χ0) is 14.3. The highest BCUT2D eigenvalue weighted by Crippen LogP contribution is 2.16. The summed E-state index contributed by atoms with van der Waals surface area (Å²) >= 11 is 5.78. The number of ether oxygens (including phenoxy) is 1. The molecule has 0 aliphatic rings. The Bertz CT molecular complexity index is 450. The molecule has 1 atom stereocenters. The summed E-state index contributed by atoms with van der Waals surface area (Å²) in [5, 5.41) is 11.7. The lowest BCUT2D eigenvalue weighted by atomic mass is 10.2. The minimum atomic E-state index is -0.878. The smallest absolute Gasteiger partial charge is 0.303 e. The van der Waals surface area contributed by atoms with Crippen molar-refractivity contribution in [1.29, 1.82) is 0 Å². The maximum Gasteiger partial charge on any atom is 0.303 e. The lowest BCUT2D eigenvalue weighted by Crippen LogP contribution is -2.36. The summed E-state index contributed by atoms with van der Waals surface area (Å²) in [6, 6.07) is 6.55. The zero-order valence-electron chi connectivity index (χ0n) is 10.6. The van der Waals surface area contributed by atoms with E-state index in [-0.39, 0.29) is 25.0 Å². The van der Waals surface area contributed by atoms with Crippen LogP contribution < -0.4 is 10.1 Å². The summed E-state index contributed by atoms with van der Waals surface area (Å²) in [4.78, 5) is 21.9. The number of carbonyl (C=O) groups excluding carboxylic acids is 1. The molecule has 1 aromatic carbocycles. The van der Waals surface area contributed by atoms with Crippen LogP contribution in [0.5, 0.6) is 5.75 Å². The van der Waals surface area contributed by atoms with Crippen molar-refractivity contribution in [2.45, 2.75) is 25.8 Å². The maximum atomic E-state index is 11.5. The number of hydrogen-bond donors (Lipinski definition) is 2. The van der Waals surface area contributed by atoms with Gasteiger partial charge in [0.1, 0.15) is 5.75 Å². The Hall–Kier alpha value is -1.75. The number of hydrogen-bond acceptors (Lipinski definition) is 3. The second-order valence-corrected chi connectivity index (χ2v) is 4.58. The third kappa shape index (κ3) is 6.67. The molecule has 0 aliphatic heterocycles. The number of carboxylic acid groups (broad SMARTS) is 1. The maximum absolute atomic E-state index is 11.5. The van der Waals surface area contributed by atoms with Crippen LogP contribution in [0, 0.1) is 0 Å². The van der Waals surface area contributed by atoms with Crippen LogP contribution in [0.15, 0.2) is 24.3 Å². The van der Waals surface area contributed by atoms with Crippen molar-refractivity contribution >= 4 is 23.5 Å². The first-order valence-corrected chi connectivity index (χ1v) is 6.24. The second-order valence-electron chi connectivity index (χ2n) is 4.15. The average Bonchev–Trinajstić information content (AvgIpc) is 2.34. The zero-order valence-corrected chi connectivity index (χ0v) is 11.3. The highest BCUT2D eigenvalue weighted by molar-refractivity contribution is 6.30. The Morgan fingerprint density at radius 1 is 1.47 bits per heavy atom. The van der Waals surface area contributed by atoms with Crippen LogP contribution in [0.2, 0.25) is 5.02 Å². The lowest BCUT2D eigenvalue weighted by Gasteiger charge is -2.13. The SMILES string of the molecule is CC(CCC(=O)O)NC(=O)COc1cccc(Cl)c1. The van der Waals surface area contributed by atoms with Crippen molar-refractivity contribution in [3.8, 4) is 5.75 Å². The Labute approximate surface area is 116 Å². The minimum Gasteiger partial charge on any atom is -0.484 e. The quantitative estimate of drug-likeness (QED) is 0.804. The first-order chi connectivity index (χ1) is 8.97. The summed E-state index contributed by atoms with van der Waals surface area (Å²) in [6.45, 7) is 1.62. The van der Waals surface area contributed by atoms with Crippen LogP contribution >= 0.6 is 11.6 Å². The molecule has 0 spiro atoms. The molecule has 19 heavy (non-hydrogen) atoms. The number of rotatable bonds is 7. The molecule has 0 aromatic heterocycles. The predicted molar refractivity (Wildman–Crippen MR) is 71.4 cm³/mol. The highest BCUT2D eigenvalue weighted by Gasteiger charge is 2.09. The summed E-state index contributed by atoms with van der Waals surface area (Å²) in [5.74, 6) is -0.657. The number of nitrogens with one attached hydrogen (secondary N) is 1. The van der Waals surface area contributed by atoms with E-state index in [2.05, 4.69) is 5.32 Å². The molecule has 1 rings (SSSR count). The van der Waals surface area contributed by atoms with Gasteiger partial charge in [-0.2, -0.15) is 0 Å². The number of benzene rings is 1. The summed E-state index contributed by atoms with van der Waals surface area (Å²) in [7, 11) is 0. The fourth-order valence-corrected chi connectivity index (χ4v) is 1.61. The van der Waals surface area contributed by atoms with Gasteiger partial charge >= 0.3 is 5.97 Å². The molecule has 1 unspecified atom stereocenters. The molecule has 0 saturated heterocycles. The lowest BCUT2D eigenvalue weighted by molar-refractivity contribution is -0.137. The number of carbonyl (C=O) groups is 2. The predicted octanol–water partition coefficient (Wildman–Crippen LogP) is 2.09. The number of amides is 1. The van der Waals surface area contributed by atoms with E-state index in [1.54, 1.807) is 31.2 Å². The Kier molecular flexibility index (Phi) is 6.15. The molecule has 0 heterocycles. The van der Waals surface area contributed by atoms with Crippen molar-refractivity contribution in [1.82, 2.24) is 5.32 Å². The normalized spacial score (nSPS) is 11.7. The first kappa shape index (κ1) is 15.3. The van der Waals surface area contributed by atoms with Crippen LogP contribution in [0.3, 0.4) is 0 Å². The molecule has 1 amide bonds. The van der Waals surface area contributed by atoms with Gasteiger partial charge in [-0.15, -0.1) is 0 Å². The number of halogens is 1. The van der Waals surface area contributed by atoms with E-state index in [1.165, 1.54) is 0 Å². The van der Waals surface area contributed by atoms with Gasteiger partial charge in [0.2, 0.25) is 0 Å². The molecule has 5 nitrogen and oxygen atoms in total. The van der Waals surface area contributed by atoms with Crippen LogP contribution in [0.25, 0.3) is 0 Å². The third-order valence-corrected chi connectivity index (χ3v) is 2.60. The van der Waals surface area contributed by atoms with Gasteiger partial charge in [-0.05, 0) is 31.5 Å². The third-order valence-electron chi connectivity index (χ3n) is 2.36. The standard InChI is InChI=1S/C13H16ClNO4/c1-9(5-6-13(17)18)15-12(16)8-19-11-4-2-3-10(14)7-11/h2-4,7,9H,5-6,8H2,1H3,(H,15,16)(H,17,18). The van der Waals surface area contributed by atoms with Crippen LogP contribution in [0.1, 0.15) is 19.8 Å². The van der Waals surface area contributed by atoms with E-state index < -0.39 is 5.97 Å². The fraction of sp³-hybridized carbons (Fsp3) is 0.385.